The molecule has 0 unspecified atom stereocenters. The third kappa shape index (κ3) is 4.33. The van der Waals surface area contributed by atoms with E-state index in [0.717, 1.165) is 17.5 Å². The summed E-state index contributed by atoms with van der Waals surface area (Å²) in [5.41, 5.74) is 1.66. The maximum Gasteiger partial charge on any atom is 0.433 e. The highest BCUT2D eigenvalue weighted by Crippen LogP contribution is 2.33. The van der Waals surface area contributed by atoms with E-state index in [1.807, 2.05) is 24.3 Å². The molecular formula is C25H22N4O7. The van der Waals surface area contributed by atoms with Gasteiger partial charge in [0.25, 0.3) is 11.8 Å². The van der Waals surface area contributed by atoms with Crippen molar-refractivity contribution in [3.05, 3.63) is 82.3 Å². The number of anilines is 2. The number of para-hydroxylation sites is 1. The molecule has 5 rings (SSSR count). The molecule has 1 saturated heterocycles. The highest BCUT2D eigenvalue weighted by Gasteiger charge is 2.30. The summed E-state index contributed by atoms with van der Waals surface area (Å²) in [5, 5.41) is 14.1. The minimum atomic E-state index is -0.732. The topological polar surface area (TPSA) is 131 Å². The van der Waals surface area contributed by atoms with Gasteiger partial charge in [0.1, 0.15) is 21.9 Å². The molecule has 2 aromatic heterocycles. The van der Waals surface area contributed by atoms with Crippen molar-refractivity contribution in [1.82, 2.24) is 4.90 Å². The van der Waals surface area contributed by atoms with Gasteiger partial charge in [-0.05, 0) is 42.5 Å². The first-order valence-corrected chi connectivity index (χ1v) is 11.2. The number of piperazine rings is 1. The van der Waals surface area contributed by atoms with Crippen LogP contribution in [-0.4, -0.2) is 54.9 Å². The van der Waals surface area contributed by atoms with Gasteiger partial charge in [-0.15, -0.1) is 0 Å². The van der Waals surface area contributed by atoms with Crippen LogP contribution in [0.2, 0.25) is 0 Å². The van der Waals surface area contributed by atoms with Crippen LogP contribution in [0.4, 0.5) is 17.3 Å². The smallest absolute Gasteiger partial charge is 0.433 e. The molecule has 4 aromatic rings. The Labute approximate surface area is 205 Å². The second kappa shape index (κ2) is 9.45. The number of rotatable bonds is 6. The number of nitrogens with one attached hydrogen (secondary N) is 1. The van der Waals surface area contributed by atoms with Crippen LogP contribution in [0.25, 0.3) is 11.0 Å². The number of methoxy groups -OCH3 is 1. The monoisotopic (exact) mass is 490 g/mol. The molecule has 1 fully saturated rings. The summed E-state index contributed by atoms with van der Waals surface area (Å²) < 4.78 is 16.1. The predicted octanol–water partition coefficient (Wildman–Crippen LogP) is 4.16. The highest BCUT2D eigenvalue weighted by atomic mass is 16.6. The van der Waals surface area contributed by atoms with E-state index in [2.05, 4.69) is 10.2 Å². The summed E-state index contributed by atoms with van der Waals surface area (Å²) in [6.07, 6.45) is 0. The van der Waals surface area contributed by atoms with Crippen LogP contribution in [0.3, 0.4) is 0 Å². The zero-order valence-electron chi connectivity index (χ0n) is 19.3. The quantitative estimate of drug-likeness (QED) is 0.315. The van der Waals surface area contributed by atoms with Crippen LogP contribution in [0.1, 0.15) is 21.1 Å². The molecule has 1 N–H and O–H groups in total. The number of furan rings is 2. The van der Waals surface area contributed by atoms with Crippen molar-refractivity contribution in [1.29, 1.82) is 0 Å². The van der Waals surface area contributed by atoms with E-state index in [1.54, 1.807) is 36.3 Å². The number of carbonyl (C=O) groups excluding carboxylic acids is 2. The molecule has 0 saturated carbocycles. The van der Waals surface area contributed by atoms with Crippen LogP contribution in [0, 0.1) is 10.1 Å². The van der Waals surface area contributed by atoms with Crippen molar-refractivity contribution in [2.75, 3.05) is 43.5 Å². The fourth-order valence-corrected chi connectivity index (χ4v) is 4.15. The largest absolute Gasteiger partial charge is 0.497 e. The Kier molecular flexibility index (Phi) is 6.03. The number of hydrogen-bond acceptors (Lipinski definition) is 8. The Morgan fingerprint density at radius 2 is 1.69 bits per heavy atom. The minimum Gasteiger partial charge on any atom is -0.497 e. The Balaban J connectivity index is 1.35. The van der Waals surface area contributed by atoms with Gasteiger partial charge in [-0.3, -0.25) is 19.7 Å². The molecule has 11 heteroatoms. The molecule has 184 valence electrons. The average molecular weight is 490 g/mol. The van der Waals surface area contributed by atoms with Gasteiger partial charge in [0.15, 0.2) is 5.76 Å². The summed E-state index contributed by atoms with van der Waals surface area (Å²) in [5.74, 6) is -1.13. The molecule has 3 heterocycles. The molecular weight excluding hydrogens is 468 g/mol. The average Bonchev–Trinajstić information content (AvgIpc) is 3.55. The van der Waals surface area contributed by atoms with Crippen molar-refractivity contribution < 1.29 is 28.1 Å². The predicted molar refractivity (Wildman–Crippen MR) is 131 cm³/mol. The molecule has 2 aromatic carbocycles. The number of hydrogen-bond donors (Lipinski definition) is 1. The summed E-state index contributed by atoms with van der Waals surface area (Å²) >= 11 is 0. The van der Waals surface area contributed by atoms with E-state index >= 15 is 0 Å². The number of nitro groups is 1. The normalized spacial score (nSPS) is 13.6. The molecule has 0 spiro atoms. The van der Waals surface area contributed by atoms with Gasteiger partial charge in [-0.2, -0.15) is 0 Å². The zero-order chi connectivity index (χ0) is 25.2. The number of carbonyl (C=O) groups is 2. The van der Waals surface area contributed by atoms with Gasteiger partial charge in [-0.1, -0.05) is 12.1 Å². The van der Waals surface area contributed by atoms with E-state index in [0.29, 0.717) is 37.1 Å². The maximum absolute atomic E-state index is 13.5. The first kappa shape index (κ1) is 23.0. The van der Waals surface area contributed by atoms with Crippen molar-refractivity contribution in [2.24, 2.45) is 0 Å². The van der Waals surface area contributed by atoms with Gasteiger partial charge in [0.2, 0.25) is 5.76 Å². The van der Waals surface area contributed by atoms with E-state index in [9.17, 15) is 19.7 Å². The Hall–Kier alpha value is -4.80. The molecule has 2 amide bonds. The van der Waals surface area contributed by atoms with E-state index in [-0.39, 0.29) is 23.1 Å². The molecule has 1 aliphatic heterocycles. The number of benzene rings is 2. The molecule has 0 atom stereocenters. The van der Waals surface area contributed by atoms with Gasteiger partial charge < -0.3 is 28.7 Å². The van der Waals surface area contributed by atoms with Crippen molar-refractivity contribution in [3.8, 4) is 5.75 Å². The van der Waals surface area contributed by atoms with Crippen molar-refractivity contribution in [3.63, 3.8) is 0 Å². The number of fused-ring (bicyclic) bond motifs is 1. The fourth-order valence-electron chi connectivity index (χ4n) is 4.15. The zero-order valence-corrected chi connectivity index (χ0v) is 19.3. The lowest BCUT2D eigenvalue weighted by atomic mass is 10.2. The van der Waals surface area contributed by atoms with Gasteiger partial charge in [0, 0.05) is 37.3 Å². The van der Waals surface area contributed by atoms with Crippen molar-refractivity contribution in [2.45, 2.75) is 0 Å². The molecule has 0 bridgehead atoms. The third-order valence-electron chi connectivity index (χ3n) is 6.03. The van der Waals surface area contributed by atoms with Gasteiger partial charge >= 0.3 is 5.88 Å². The lowest BCUT2D eigenvalue weighted by Gasteiger charge is -2.35. The maximum atomic E-state index is 13.5. The summed E-state index contributed by atoms with van der Waals surface area (Å²) in [6, 6.07) is 17.0. The SMILES string of the molecule is COc1ccc(N2CCN(C(=O)c3oc4ccccc4c3NC(=O)c3ccc([N+](=O)[O-])o3)CC2)cc1. The summed E-state index contributed by atoms with van der Waals surface area (Å²) in [7, 11) is 1.62. The van der Waals surface area contributed by atoms with Crippen LogP contribution in [-0.2, 0) is 0 Å². The molecule has 11 nitrogen and oxygen atoms in total. The molecule has 0 radical (unpaired) electrons. The second-order valence-electron chi connectivity index (χ2n) is 8.13. The molecule has 1 aliphatic rings. The Morgan fingerprint density at radius 3 is 2.36 bits per heavy atom. The van der Waals surface area contributed by atoms with Crippen LogP contribution in [0.15, 0.2) is 69.5 Å². The van der Waals surface area contributed by atoms with E-state index in [4.69, 9.17) is 13.6 Å². The Morgan fingerprint density at radius 1 is 0.972 bits per heavy atom. The summed E-state index contributed by atoms with van der Waals surface area (Å²) in [4.78, 5) is 40.3. The lowest BCUT2D eigenvalue weighted by molar-refractivity contribution is -0.402. The molecule has 36 heavy (non-hydrogen) atoms. The number of ether oxygens (including phenoxy) is 1. The minimum absolute atomic E-state index is 0.0106. The first-order valence-electron chi connectivity index (χ1n) is 11.2. The van der Waals surface area contributed by atoms with Gasteiger partial charge in [-0.25, -0.2) is 0 Å². The van der Waals surface area contributed by atoms with E-state index < -0.39 is 16.7 Å². The fraction of sp³-hybridized carbons (Fsp3) is 0.200. The van der Waals surface area contributed by atoms with Crippen LogP contribution >= 0.6 is 0 Å². The third-order valence-corrected chi connectivity index (χ3v) is 6.03. The Bertz CT molecular complexity index is 1430. The lowest BCUT2D eigenvalue weighted by Crippen LogP contribution is -2.48. The van der Waals surface area contributed by atoms with Gasteiger partial charge in [0.05, 0.1) is 13.2 Å². The van der Waals surface area contributed by atoms with Crippen LogP contribution < -0.4 is 15.0 Å². The van der Waals surface area contributed by atoms with E-state index in [1.165, 1.54) is 6.07 Å². The number of nitrogens with zero attached hydrogens (tertiary/aromatic N) is 3. The highest BCUT2D eigenvalue weighted by molar-refractivity contribution is 6.13. The summed E-state index contributed by atoms with van der Waals surface area (Å²) in [6.45, 7) is 2.16. The number of amides is 2. The van der Waals surface area contributed by atoms with Crippen molar-refractivity contribution >= 4 is 40.0 Å². The van der Waals surface area contributed by atoms with Crippen LogP contribution in [0.5, 0.6) is 5.75 Å². The standard InChI is InChI=1S/C25H22N4O7/c1-34-17-8-6-16(7-9-17)27-12-14-28(15-13-27)25(31)23-22(18-4-2-3-5-19(18)36-23)26-24(30)20-10-11-21(35-20)29(32)33/h2-11H,12-15H2,1H3,(H,26,30). The molecule has 0 aliphatic carbocycles. The second-order valence-corrected chi connectivity index (χ2v) is 8.13. The first-order chi connectivity index (χ1) is 17.4.